The van der Waals surface area contributed by atoms with Crippen molar-refractivity contribution in [2.24, 2.45) is 0 Å². The van der Waals surface area contributed by atoms with Crippen LogP contribution >= 0.6 is 0 Å². The van der Waals surface area contributed by atoms with Crippen molar-refractivity contribution in [2.45, 2.75) is 18.9 Å². The second-order valence-corrected chi connectivity index (χ2v) is 9.36. The Bertz CT molecular complexity index is 1660. The van der Waals surface area contributed by atoms with Gasteiger partial charge in [-0.3, -0.25) is 0 Å². The summed E-state index contributed by atoms with van der Waals surface area (Å²) in [6, 6.07) is 10.6. The number of rotatable bonds is 9. The Labute approximate surface area is 234 Å². The van der Waals surface area contributed by atoms with Gasteiger partial charge in [0.15, 0.2) is 0 Å². The van der Waals surface area contributed by atoms with Crippen LogP contribution in [-0.2, 0) is 0 Å². The molecule has 13 heteroatoms. The molecule has 1 aliphatic rings. The van der Waals surface area contributed by atoms with E-state index in [1.807, 2.05) is 12.1 Å². The minimum atomic E-state index is -0.515. The number of nitrogens with one attached hydrogen (secondary N) is 3. The largest absolute Gasteiger partial charge is 0.495 e. The Morgan fingerprint density at radius 1 is 0.951 bits per heavy atom. The van der Waals surface area contributed by atoms with Crippen LogP contribution in [0.3, 0.4) is 0 Å². The average Bonchev–Trinajstić information content (AvgIpc) is 3.47. The summed E-state index contributed by atoms with van der Waals surface area (Å²) in [6.45, 7) is 1.92. The Morgan fingerprint density at radius 2 is 1.78 bits per heavy atom. The number of anilines is 3. The third-order valence-corrected chi connectivity index (χ3v) is 6.70. The molecule has 1 aliphatic heterocycles. The topological polar surface area (TPSA) is 133 Å². The van der Waals surface area contributed by atoms with Gasteiger partial charge in [-0.25, -0.2) is 29.0 Å². The van der Waals surface area contributed by atoms with Crippen molar-refractivity contribution in [3.8, 4) is 29.1 Å². The predicted octanol–water partition coefficient (Wildman–Crippen LogP) is 4.46. The number of hydrogen-bond acceptors (Lipinski definition) is 11. The lowest BCUT2D eigenvalue weighted by atomic mass is 10.1. The van der Waals surface area contributed by atoms with Gasteiger partial charge >= 0.3 is 6.01 Å². The predicted molar refractivity (Wildman–Crippen MR) is 151 cm³/mol. The maximum absolute atomic E-state index is 15.2. The molecule has 1 saturated heterocycles. The quantitative estimate of drug-likeness (QED) is 0.237. The first-order chi connectivity index (χ1) is 20.1. The lowest BCUT2D eigenvalue weighted by Gasteiger charge is -2.25. The molecule has 6 rings (SSSR count). The molecule has 12 nitrogen and oxygen atoms in total. The molecule has 210 valence electrons. The van der Waals surface area contributed by atoms with Crippen LogP contribution in [0.5, 0.6) is 23.4 Å². The van der Waals surface area contributed by atoms with Crippen LogP contribution in [0.2, 0.25) is 0 Å². The van der Waals surface area contributed by atoms with Gasteiger partial charge in [0, 0.05) is 35.8 Å². The summed E-state index contributed by atoms with van der Waals surface area (Å²) in [5.41, 5.74) is 2.38. The molecule has 0 bridgehead atoms. The molecule has 41 heavy (non-hydrogen) atoms. The molecule has 0 radical (unpaired) electrons. The fraction of sp³-hybridized carbons (Fsp3) is 0.250. The second-order valence-electron chi connectivity index (χ2n) is 9.36. The van der Waals surface area contributed by atoms with Crippen LogP contribution in [0.25, 0.3) is 16.6 Å². The Morgan fingerprint density at radius 3 is 2.54 bits per heavy atom. The van der Waals surface area contributed by atoms with Gasteiger partial charge in [0.2, 0.25) is 5.88 Å². The third kappa shape index (κ3) is 5.79. The van der Waals surface area contributed by atoms with Gasteiger partial charge in [-0.2, -0.15) is 0 Å². The van der Waals surface area contributed by atoms with E-state index in [1.54, 1.807) is 48.6 Å². The molecule has 2 aromatic carbocycles. The van der Waals surface area contributed by atoms with E-state index in [4.69, 9.17) is 14.2 Å². The van der Waals surface area contributed by atoms with Crippen molar-refractivity contribution < 1.29 is 18.6 Å². The normalized spacial score (nSPS) is 13.6. The van der Waals surface area contributed by atoms with Crippen LogP contribution in [0.15, 0.2) is 61.3 Å². The number of fused-ring (bicyclic) bond motifs is 1. The highest BCUT2D eigenvalue weighted by Gasteiger charge is 2.17. The van der Waals surface area contributed by atoms with Crippen LogP contribution in [0, 0.1) is 5.82 Å². The summed E-state index contributed by atoms with van der Waals surface area (Å²) in [7, 11) is 3.12. The van der Waals surface area contributed by atoms with Crippen LogP contribution in [0.4, 0.5) is 21.6 Å². The van der Waals surface area contributed by atoms with E-state index in [-0.39, 0.29) is 23.3 Å². The third-order valence-electron chi connectivity index (χ3n) is 6.70. The molecule has 0 unspecified atom stereocenters. The van der Waals surface area contributed by atoms with E-state index in [2.05, 4.69) is 41.0 Å². The lowest BCUT2D eigenvalue weighted by molar-refractivity contribution is 0.379. The highest BCUT2D eigenvalue weighted by molar-refractivity contribution is 5.95. The zero-order chi connectivity index (χ0) is 28.2. The first-order valence-electron chi connectivity index (χ1n) is 13.1. The van der Waals surface area contributed by atoms with Crippen LogP contribution in [-0.4, -0.2) is 63.1 Å². The van der Waals surface area contributed by atoms with E-state index < -0.39 is 5.82 Å². The Balaban J connectivity index is 1.20. The molecule has 3 aromatic heterocycles. The molecule has 3 N–H and O–H groups in total. The summed E-state index contributed by atoms with van der Waals surface area (Å²) >= 11 is 0. The van der Waals surface area contributed by atoms with Crippen LogP contribution in [0.1, 0.15) is 12.8 Å². The molecule has 1 fully saturated rings. The first-order valence-corrected chi connectivity index (χ1v) is 13.1. The van der Waals surface area contributed by atoms with Gasteiger partial charge in [-0.1, -0.05) is 0 Å². The zero-order valence-electron chi connectivity index (χ0n) is 22.5. The number of benzene rings is 2. The Kier molecular flexibility index (Phi) is 7.41. The minimum Gasteiger partial charge on any atom is -0.495 e. The number of nitrogens with zero attached hydrogens (tertiary/aromatic N) is 6. The van der Waals surface area contributed by atoms with Crippen molar-refractivity contribution in [1.82, 2.24) is 35.0 Å². The SMILES string of the molecule is COc1ncc(-n2ccc(Oc3ccc(Nc4ncnc5cc(OC)c(NC6CCNCC6)cc45)c(F)c3)n2)cn1. The molecule has 0 aliphatic carbocycles. The lowest BCUT2D eigenvalue weighted by Crippen LogP contribution is -2.35. The van der Waals surface area contributed by atoms with E-state index in [0.717, 1.165) is 37.0 Å². The van der Waals surface area contributed by atoms with Crippen molar-refractivity contribution in [3.05, 3.63) is 67.1 Å². The van der Waals surface area contributed by atoms with Gasteiger partial charge in [-0.15, -0.1) is 5.10 Å². The number of aromatic nitrogens is 6. The molecule has 4 heterocycles. The standard InChI is InChI=1S/C28H28FN9O3/c1-39-25-13-23-20(12-24(25)35-17-5-8-30-9-6-17)27(34-16-33-23)36-22-4-3-19(11-21(22)29)41-26-7-10-38(37-26)18-14-31-28(40-2)32-15-18/h3-4,7,10-17,30,35H,5-6,8-9H2,1-2H3,(H,33,34,36). The second kappa shape index (κ2) is 11.6. The average molecular weight is 558 g/mol. The molecule has 5 aromatic rings. The maximum Gasteiger partial charge on any atom is 0.316 e. The van der Waals surface area contributed by atoms with Crippen molar-refractivity contribution in [2.75, 3.05) is 37.9 Å². The molecule has 0 spiro atoms. The van der Waals surface area contributed by atoms with E-state index in [1.165, 1.54) is 19.5 Å². The van der Waals surface area contributed by atoms with E-state index in [0.29, 0.717) is 28.8 Å². The van der Waals surface area contributed by atoms with Gasteiger partial charge in [0.05, 0.1) is 43.5 Å². The fourth-order valence-corrected chi connectivity index (χ4v) is 4.60. The van der Waals surface area contributed by atoms with E-state index in [9.17, 15) is 0 Å². The molecule has 0 atom stereocenters. The molecular weight excluding hydrogens is 529 g/mol. The number of ether oxygens (including phenoxy) is 3. The van der Waals surface area contributed by atoms with Gasteiger partial charge in [-0.05, 0) is 44.1 Å². The van der Waals surface area contributed by atoms with Gasteiger partial charge < -0.3 is 30.2 Å². The zero-order valence-corrected chi connectivity index (χ0v) is 22.5. The van der Waals surface area contributed by atoms with Crippen molar-refractivity contribution in [3.63, 3.8) is 0 Å². The van der Waals surface area contributed by atoms with Gasteiger partial charge in [0.25, 0.3) is 0 Å². The maximum atomic E-state index is 15.2. The monoisotopic (exact) mass is 557 g/mol. The Hall–Kier alpha value is -5.04. The van der Waals surface area contributed by atoms with Crippen molar-refractivity contribution >= 4 is 28.1 Å². The summed E-state index contributed by atoms with van der Waals surface area (Å²) in [5.74, 6) is 1.22. The summed E-state index contributed by atoms with van der Waals surface area (Å²) in [6.07, 6.45) is 8.28. The summed E-state index contributed by atoms with van der Waals surface area (Å²) in [4.78, 5) is 16.9. The van der Waals surface area contributed by atoms with Crippen molar-refractivity contribution in [1.29, 1.82) is 0 Å². The highest BCUT2D eigenvalue weighted by atomic mass is 19.1. The summed E-state index contributed by atoms with van der Waals surface area (Å²) in [5, 5.41) is 15.1. The first kappa shape index (κ1) is 26.2. The van der Waals surface area contributed by atoms with Crippen LogP contribution < -0.4 is 30.2 Å². The highest BCUT2D eigenvalue weighted by Crippen LogP contribution is 2.35. The summed E-state index contributed by atoms with van der Waals surface area (Å²) < 4.78 is 33.1. The molecule has 0 saturated carbocycles. The van der Waals surface area contributed by atoms with E-state index >= 15 is 4.39 Å². The molecule has 0 amide bonds. The number of piperidine rings is 1. The number of hydrogen-bond donors (Lipinski definition) is 3. The number of methoxy groups -OCH3 is 2. The molecular formula is C28H28FN9O3. The van der Waals surface area contributed by atoms with Gasteiger partial charge in [0.1, 0.15) is 35.1 Å². The number of halogens is 1. The smallest absolute Gasteiger partial charge is 0.316 e. The minimum absolute atomic E-state index is 0.238. The fourth-order valence-electron chi connectivity index (χ4n) is 4.60.